The molecular weight excluding hydrogens is 414 g/mol. The van der Waals surface area contributed by atoms with Gasteiger partial charge in [-0.3, -0.25) is 9.69 Å². The predicted octanol–water partition coefficient (Wildman–Crippen LogP) is 4.26. The second kappa shape index (κ2) is 9.03. The van der Waals surface area contributed by atoms with E-state index in [0.29, 0.717) is 30.2 Å². The number of amides is 1. The van der Waals surface area contributed by atoms with Crippen LogP contribution in [-0.2, 0) is 10.0 Å². The van der Waals surface area contributed by atoms with E-state index in [1.54, 1.807) is 47.7 Å². The summed E-state index contributed by atoms with van der Waals surface area (Å²) in [7, 11) is -3.55. The summed E-state index contributed by atoms with van der Waals surface area (Å²) in [5.74, 6) is 0.828. The molecule has 4 rings (SSSR count). The van der Waals surface area contributed by atoms with E-state index in [9.17, 15) is 13.2 Å². The fourth-order valence-electron chi connectivity index (χ4n) is 3.79. The number of piperidine rings is 1. The van der Waals surface area contributed by atoms with Gasteiger partial charge in [-0.05, 0) is 68.3 Å². The quantitative estimate of drug-likeness (QED) is 0.573. The highest BCUT2D eigenvalue weighted by molar-refractivity contribution is 7.89. The number of carbonyl (C=O) groups is 1. The Morgan fingerprint density at radius 1 is 1.03 bits per heavy atom. The lowest BCUT2D eigenvalue weighted by molar-refractivity contribution is 0.0974. The molecular formula is C23H25N3O4S. The molecule has 0 N–H and O–H groups in total. The van der Waals surface area contributed by atoms with Crippen molar-refractivity contribution in [3.05, 3.63) is 78.4 Å². The minimum Gasteiger partial charge on any atom is -0.467 e. The summed E-state index contributed by atoms with van der Waals surface area (Å²) in [6.07, 6.45) is 5.99. The predicted molar refractivity (Wildman–Crippen MR) is 117 cm³/mol. The van der Waals surface area contributed by atoms with Gasteiger partial charge in [0.05, 0.1) is 17.2 Å². The lowest BCUT2D eigenvalue weighted by Gasteiger charge is -2.27. The van der Waals surface area contributed by atoms with Crippen molar-refractivity contribution < 1.29 is 17.6 Å². The van der Waals surface area contributed by atoms with Crippen molar-refractivity contribution in [3.8, 4) is 0 Å². The van der Waals surface area contributed by atoms with Crippen LogP contribution in [0.1, 0.15) is 48.3 Å². The third-order valence-electron chi connectivity index (χ3n) is 5.51. The maximum Gasteiger partial charge on any atom is 0.260 e. The first-order valence-corrected chi connectivity index (χ1v) is 11.8. The van der Waals surface area contributed by atoms with E-state index in [0.717, 1.165) is 19.3 Å². The summed E-state index contributed by atoms with van der Waals surface area (Å²) >= 11 is 0. The zero-order valence-corrected chi connectivity index (χ0v) is 18.2. The van der Waals surface area contributed by atoms with Crippen LogP contribution in [0, 0.1) is 0 Å². The zero-order valence-electron chi connectivity index (χ0n) is 17.3. The number of nitrogens with zero attached hydrogens (tertiary/aromatic N) is 3. The standard InChI is InChI=1S/C23H25N3O4S/c1-18(21-8-7-17-30-21)26(22-9-3-4-14-24-22)23(27)19-10-12-20(13-11-19)31(28,29)25-15-5-2-6-16-25/h3-4,7-14,17-18H,2,5-6,15-16H2,1H3/t18-/m0/s1. The molecule has 0 saturated carbocycles. The van der Waals surface area contributed by atoms with Crippen LogP contribution in [0.15, 0.2) is 76.4 Å². The van der Waals surface area contributed by atoms with Gasteiger partial charge in [-0.25, -0.2) is 13.4 Å². The minimum absolute atomic E-state index is 0.203. The van der Waals surface area contributed by atoms with E-state index in [4.69, 9.17) is 4.42 Å². The molecule has 1 fully saturated rings. The molecule has 3 heterocycles. The van der Waals surface area contributed by atoms with Crippen LogP contribution >= 0.6 is 0 Å². The maximum absolute atomic E-state index is 13.4. The van der Waals surface area contributed by atoms with E-state index < -0.39 is 16.1 Å². The maximum atomic E-state index is 13.4. The summed E-state index contributed by atoms with van der Waals surface area (Å²) in [5, 5.41) is 0. The van der Waals surface area contributed by atoms with Crippen molar-refractivity contribution >= 4 is 21.7 Å². The Hall–Kier alpha value is -2.97. The third-order valence-corrected chi connectivity index (χ3v) is 7.42. The smallest absolute Gasteiger partial charge is 0.260 e. The summed E-state index contributed by atoms with van der Waals surface area (Å²) in [6.45, 7) is 2.94. The van der Waals surface area contributed by atoms with Gasteiger partial charge in [0.1, 0.15) is 11.6 Å². The lowest BCUT2D eigenvalue weighted by atomic mass is 10.1. The normalized spacial score (nSPS) is 16.0. The average molecular weight is 440 g/mol. The Labute approximate surface area is 182 Å². The number of aromatic nitrogens is 1. The van der Waals surface area contributed by atoms with Crippen molar-refractivity contribution in [1.29, 1.82) is 0 Å². The Balaban J connectivity index is 1.63. The molecule has 3 aromatic rings. The largest absolute Gasteiger partial charge is 0.467 e. The van der Waals surface area contributed by atoms with Gasteiger partial charge in [0.25, 0.3) is 5.91 Å². The van der Waals surface area contributed by atoms with Gasteiger partial charge in [0.2, 0.25) is 10.0 Å². The number of hydrogen-bond donors (Lipinski definition) is 0. The molecule has 8 heteroatoms. The van der Waals surface area contributed by atoms with Crippen LogP contribution in [0.3, 0.4) is 0 Å². The Kier molecular flexibility index (Phi) is 6.20. The first kappa shape index (κ1) is 21.3. The van der Waals surface area contributed by atoms with E-state index in [1.807, 2.05) is 19.1 Å². The van der Waals surface area contributed by atoms with Crippen LogP contribution in [-0.4, -0.2) is 36.7 Å². The molecule has 0 unspecified atom stereocenters. The number of furan rings is 1. The number of anilines is 1. The number of sulfonamides is 1. The summed E-state index contributed by atoms with van der Waals surface area (Å²) in [6, 6.07) is 14.7. The van der Waals surface area contributed by atoms with E-state index in [1.165, 1.54) is 16.4 Å². The van der Waals surface area contributed by atoms with E-state index in [-0.39, 0.29) is 10.8 Å². The van der Waals surface area contributed by atoms with Gasteiger partial charge in [-0.1, -0.05) is 12.5 Å². The first-order chi connectivity index (χ1) is 15.0. The van der Waals surface area contributed by atoms with Gasteiger partial charge >= 0.3 is 0 Å². The van der Waals surface area contributed by atoms with Crippen molar-refractivity contribution in [2.24, 2.45) is 0 Å². The Morgan fingerprint density at radius 2 is 1.77 bits per heavy atom. The van der Waals surface area contributed by atoms with Crippen molar-refractivity contribution in [3.63, 3.8) is 0 Å². The highest BCUT2D eigenvalue weighted by atomic mass is 32.2. The topological polar surface area (TPSA) is 83.7 Å². The average Bonchev–Trinajstić information content (AvgIpc) is 3.36. The van der Waals surface area contributed by atoms with Crippen molar-refractivity contribution in [2.75, 3.05) is 18.0 Å². The van der Waals surface area contributed by atoms with Crippen LogP contribution in [0.25, 0.3) is 0 Å². The number of pyridine rings is 1. The van der Waals surface area contributed by atoms with Gasteiger partial charge in [-0.15, -0.1) is 0 Å². The number of hydrogen-bond acceptors (Lipinski definition) is 5. The first-order valence-electron chi connectivity index (χ1n) is 10.4. The van der Waals surface area contributed by atoms with Crippen LogP contribution in [0.2, 0.25) is 0 Å². The number of rotatable bonds is 6. The van der Waals surface area contributed by atoms with Gasteiger partial charge in [0.15, 0.2) is 0 Å². The lowest BCUT2D eigenvalue weighted by Crippen LogP contribution is -2.36. The van der Waals surface area contributed by atoms with Gasteiger partial charge < -0.3 is 4.42 Å². The zero-order chi connectivity index (χ0) is 21.8. The second-order valence-corrected chi connectivity index (χ2v) is 9.48. The molecule has 1 aliphatic heterocycles. The molecule has 1 amide bonds. The molecule has 0 aliphatic carbocycles. The van der Waals surface area contributed by atoms with Gasteiger partial charge in [0, 0.05) is 24.8 Å². The molecule has 0 bridgehead atoms. The van der Waals surface area contributed by atoms with Crippen molar-refractivity contribution in [2.45, 2.75) is 37.1 Å². The van der Waals surface area contributed by atoms with E-state index in [2.05, 4.69) is 4.98 Å². The molecule has 1 saturated heterocycles. The number of benzene rings is 1. The molecule has 31 heavy (non-hydrogen) atoms. The molecule has 1 aliphatic rings. The van der Waals surface area contributed by atoms with Crippen LogP contribution in [0.5, 0.6) is 0 Å². The summed E-state index contributed by atoms with van der Waals surface area (Å²) < 4.78 is 32.8. The van der Waals surface area contributed by atoms with Crippen LogP contribution in [0.4, 0.5) is 5.82 Å². The fraction of sp³-hybridized carbons (Fsp3) is 0.304. The SMILES string of the molecule is C[C@@H](c1ccco1)N(C(=O)c1ccc(S(=O)(=O)N2CCCCC2)cc1)c1ccccn1. The summed E-state index contributed by atoms with van der Waals surface area (Å²) in [5.41, 5.74) is 0.377. The Bertz CT molecular complexity index is 1110. The Morgan fingerprint density at radius 3 is 2.39 bits per heavy atom. The second-order valence-electron chi connectivity index (χ2n) is 7.54. The third kappa shape index (κ3) is 4.40. The monoisotopic (exact) mass is 439 g/mol. The highest BCUT2D eigenvalue weighted by Gasteiger charge is 2.29. The van der Waals surface area contributed by atoms with Gasteiger partial charge in [-0.2, -0.15) is 4.31 Å². The minimum atomic E-state index is -3.55. The van der Waals surface area contributed by atoms with Crippen molar-refractivity contribution in [1.82, 2.24) is 9.29 Å². The molecule has 1 aromatic carbocycles. The molecule has 1 atom stereocenters. The molecule has 0 spiro atoms. The van der Waals surface area contributed by atoms with Crippen LogP contribution < -0.4 is 4.90 Å². The molecule has 162 valence electrons. The molecule has 2 aromatic heterocycles. The van der Waals surface area contributed by atoms with E-state index >= 15 is 0 Å². The summed E-state index contributed by atoms with van der Waals surface area (Å²) in [4.78, 5) is 19.5. The molecule has 7 nitrogen and oxygen atoms in total. The fourth-order valence-corrected chi connectivity index (χ4v) is 5.31. The highest BCUT2D eigenvalue weighted by Crippen LogP contribution is 2.28. The number of carbonyl (C=O) groups excluding carboxylic acids is 1. The molecule has 0 radical (unpaired) electrons.